The van der Waals surface area contributed by atoms with Crippen LogP contribution in [0.2, 0.25) is 0 Å². The first-order chi connectivity index (χ1) is 17.4. The highest BCUT2D eigenvalue weighted by Crippen LogP contribution is 2.34. The van der Waals surface area contributed by atoms with Crippen LogP contribution >= 0.6 is 11.3 Å². The van der Waals surface area contributed by atoms with Gasteiger partial charge in [-0.25, -0.2) is 0 Å². The third-order valence-corrected chi connectivity index (χ3v) is 7.36. The number of aryl methyl sites for hydroxylation is 1. The number of rotatable bonds is 9. The number of hydrogen-bond acceptors (Lipinski definition) is 5. The lowest BCUT2D eigenvalue weighted by Gasteiger charge is -2.37. The fourth-order valence-corrected chi connectivity index (χ4v) is 5.46. The number of ether oxygens (including phenoxy) is 2. The highest BCUT2D eigenvalue weighted by Gasteiger charge is 2.33. The van der Waals surface area contributed by atoms with Gasteiger partial charge < -0.3 is 19.3 Å². The third-order valence-electron chi connectivity index (χ3n) is 6.36. The standard InChI is InChI=1S/C29H34N2O4S/c1-20(2)17-30(29(33)22-10-8-21(3)9-11-22)18-28(32)31-14-12-27-25(13-15-36-27)26(31)19-35-24-7-5-6-23(16-24)34-4/h5-11,13,15-16,20,26H,12,14,17-19H2,1-4H3/t26-/m0/s1. The van der Waals surface area contributed by atoms with E-state index in [0.717, 1.165) is 23.3 Å². The van der Waals surface area contributed by atoms with E-state index < -0.39 is 0 Å². The second kappa shape index (κ2) is 11.6. The van der Waals surface area contributed by atoms with Gasteiger partial charge in [-0.3, -0.25) is 9.59 Å². The Morgan fingerprint density at radius 2 is 1.86 bits per heavy atom. The Hall–Kier alpha value is -3.32. The number of fused-ring (bicyclic) bond motifs is 1. The van der Waals surface area contributed by atoms with Gasteiger partial charge >= 0.3 is 0 Å². The highest BCUT2D eigenvalue weighted by atomic mass is 32.1. The topological polar surface area (TPSA) is 59.1 Å². The molecule has 0 saturated heterocycles. The molecule has 0 unspecified atom stereocenters. The summed E-state index contributed by atoms with van der Waals surface area (Å²) in [5, 5.41) is 2.07. The third kappa shape index (κ3) is 6.08. The van der Waals surface area contributed by atoms with E-state index in [1.165, 1.54) is 4.88 Å². The molecule has 190 valence electrons. The number of methoxy groups -OCH3 is 1. The number of carbonyl (C=O) groups is 2. The van der Waals surface area contributed by atoms with E-state index in [2.05, 4.69) is 25.3 Å². The summed E-state index contributed by atoms with van der Waals surface area (Å²) in [7, 11) is 1.62. The predicted octanol–water partition coefficient (Wildman–Crippen LogP) is 5.37. The average molecular weight is 507 g/mol. The van der Waals surface area contributed by atoms with Gasteiger partial charge in [-0.2, -0.15) is 0 Å². The van der Waals surface area contributed by atoms with E-state index in [1.54, 1.807) is 23.3 Å². The molecular weight excluding hydrogens is 472 g/mol. The molecule has 6 nitrogen and oxygen atoms in total. The first-order valence-electron chi connectivity index (χ1n) is 12.3. The van der Waals surface area contributed by atoms with E-state index >= 15 is 0 Å². The van der Waals surface area contributed by atoms with Crippen LogP contribution in [0.15, 0.2) is 60.0 Å². The molecule has 36 heavy (non-hydrogen) atoms. The number of benzene rings is 2. The van der Waals surface area contributed by atoms with Crippen LogP contribution < -0.4 is 9.47 Å². The van der Waals surface area contributed by atoms with Crippen LogP contribution in [0, 0.1) is 12.8 Å². The zero-order valence-electron chi connectivity index (χ0n) is 21.4. The van der Waals surface area contributed by atoms with Crippen LogP contribution in [0.3, 0.4) is 0 Å². The number of carbonyl (C=O) groups excluding carboxylic acids is 2. The van der Waals surface area contributed by atoms with Crippen molar-refractivity contribution >= 4 is 23.2 Å². The summed E-state index contributed by atoms with van der Waals surface area (Å²) in [5.74, 6) is 1.48. The van der Waals surface area contributed by atoms with E-state index in [4.69, 9.17) is 9.47 Å². The molecule has 1 atom stereocenters. The van der Waals surface area contributed by atoms with Crippen molar-refractivity contribution in [1.82, 2.24) is 9.80 Å². The van der Waals surface area contributed by atoms with Crippen molar-refractivity contribution in [1.29, 1.82) is 0 Å². The Bertz CT molecular complexity index is 1190. The molecule has 2 amide bonds. The molecule has 3 aromatic rings. The molecule has 0 saturated carbocycles. The normalized spacial score (nSPS) is 14.9. The zero-order chi connectivity index (χ0) is 25.7. The first kappa shape index (κ1) is 25.8. The van der Waals surface area contributed by atoms with Crippen LogP contribution in [0.25, 0.3) is 0 Å². The monoisotopic (exact) mass is 506 g/mol. The van der Waals surface area contributed by atoms with Gasteiger partial charge in [0.2, 0.25) is 5.91 Å². The van der Waals surface area contributed by atoms with E-state index in [9.17, 15) is 9.59 Å². The molecule has 0 spiro atoms. The van der Waals surface area contributed by atoms with Crippen molar-refractivity contribution in [3.05, 3.63) is 81.5 Å². The van der Waals surface area contributed by atoms with Gasteiger partial charge in [0, 0.05) is 29.6 Å². The lowest BCUT2D eigenvalue weighted by molar-refractivity contribution is -0.135. The number of nitrogens with zero attached hydrogens (tertiary/aromatic N) is 2. The van der Waals surface area contributed by atoms with Crippen molar-refractivity contribution < 1.29 is 19.1 Å². The summed E-state index contributed by atoms with van der Waals surface area (Å²) < 4.78 is 11.5. The van der Waals surface area contributed by atoms with Gasteiger partial charge in [-0.05, 0) is 60.5 Å². The summed E-state index contributed by atoms with van der Waals surface area (Å²) in [6.45, 7) is 7.60. The molecule has 1 aliphatic heterocycles. The molecule has 0 N–H and O–H groups in total. The summed E-state index contributed by atoms with van der Waals surface area (Å²) >= 11 is 1.72. The fourth-order valence-electron chi connectivity index (χ4n) is 4.53. The predicted molar refractivity (Wildman–Crippen MR) is 143 cm³/mol. The fraction of sp³-hybridized carbons (Fsp3) is 0.379. The number of amides is 2. The van der Waals surface area contributed by atoms with Gasteiger partial charge in [-0.15, -0.1) is 11.3 Å². The maximum absolute atomic E-state index is 13.7. The SMILES string of the molecule is COc1cccc(OC[C@H]2c3ccsc3CCN2C(=O)CN(CC(C)C)C(=O)c2ccc(C)cc2)c1. The van der Waals surface area contributed by atoms with Crippen molar-refractivity contribution in [2.45, 2.75) is 33.2 Å². The Kier molecular flexibility index (Phi) is 8.31. The summed E-state index contributed by atoms with van der Waals surface area (Å²) in [4.78, 5) is 31.9. The maximum Gasteiger partial charge on any atom is 0.254 e. The Morgan fingerprint density at radius 1 is 1.11 bits per heavy atom. The van der Waals surface area contributed by atoms with Crippen molar-refractivity contribution in [2.75, 3.05) is 33.4 Å². The lowest BCUT2D eigenvalue weighted by Crippen LogP contribution is -2.48. The quantitative estimate of drug-likeness (QED) is 0.392. The molecular formula is C29H34N2O4S. The molecule has 2 heterocycles. The summed E-state index contributed by atoms with van der Waals surface area (Å²) in [5.41, 5.74) is 2.82. The molecule has 1 aromatic heterocycles. The summed E-state index contributed by atoms with van der Waals surface area (Å²) in [6, 6.07) is 16.9. The van der Waals surface area contributed by atoms with E-state index in [0.29, 0.717) is 31.0 Å². The van der Waals surface area contributed by atoms with Crippen molar-refractivity contribution in [2.24, 2.45) is 5.92 Å². The van der Waals surface area contributed by atoms with Crippen LogP contribution in [0.4, 0.5) is 0 Å². The molecule has 7 heteroatoms. The Balaban J connectivity index is 1.53. The van der Waals surface area contributed by atoms with Gasteiger partial charge in [0.25, 0.3) is 5.91 Å². The van der Waals surface area contributed by atoms with Crippen LogP contribution in [0.5, 0.6) is 11.5 Å². The largest absolute Gasteiger partial charge is 0.497 e. The highest BCUT2D eigenvalue weighted by molar-refractivity contribution is 7.10. The van der Waals surface area contributed by atoms with Gasteiger partial charge in [0.1, 0.15) is 24.7 Å². The zero-order valence-corrected chi connectivity index (χ0v) is 22.2. The number of thiophene rings is 1. The van der Waals surface area contributed by atoms with Gasteiger partial charge in [-0.1, -0.05) is 37.6 Å². The Labute approximate surface area is 217 Å². The van der Waals surface area contributed by atoms with E-state index in [-0.39, 0.29) is 30.3 Å². The van der Waals surface area contributed by atoms with Crippen LogP contribution in [-0.2, 0) is 11.2 Å². The smallest absolute Gasteiger partial charge is 0.254 e. The maximum atomic E-state index is 13.7. The minimum atomic E-state index is -0.214. The van der Waals surface area contributed by atoms with Crippen molar-refractivity contribution in [3.8, 4) is 11.5 Å². The van der Waals surface area contributed by atoms with Crippen LogP contribution in [0.1, 0.15) is 46.3 Å². The first-order valence-corrected chi connectivity index (χ1v) is 13.2. The molecule has 0 radical (unpaired) electrons. The second-order valence-corrected chi connectivity index (χ2v) is 10.6. The lowest BCUT2D eigenvalue weighted by atomic mass is 10.00. The van der Waals surface area contributed by atoms with Gasteiger partial charge in [0.15, 0.2) is 0 Å². The molecule has 4 rings (SSSR count). The number of hydrogen-bond donors (Lipinski definition) is 0. The Morgan fingerprint density at radius 3 is 2.58 bits per heavy atom. The van der Waals surface area contributed by atoms with E-state index in [1.807, 2.05) is 60.4 Å². The molecule has 2 aromatic carbocycles. The molecule has 0 aliphatic carbocycles. The molecule has 0 fully saturated rings. The minimum absolute atomic E-state index is 0.0417. The minimum Gasteiger partial charge on any atom is -0.497 e. The molecule has 1 aliphatic rings. The van der Waals surface area contributed by atoms with Crippen LogP contribution in [-0.4, -0.2) is 55.0 Å². The second-order valence-electron chi connectivity index (χ2n) is 9.59. The average Bonchev–Trinajstić information content (AvgIpc) is 3.36. The van der Waals surface area contributed by atoms with Gasteiger partial charge in [0.05, 0.1) is 13.2 Å². The van der Waals surface area contributed by atoms with Crippen molar-refractivity contribution in [3.63, 3.8) is 0 Å². The molecule has 0 bridgehead atoms. The summed E-state index contributed by atoms with van der Waals surface area (Å²) in [6.07, 6.45) is 0.810.